The molecule has 0 aromatic carbocycles. The Morgan fingerprint density at radius 1 is 1.39 bits per heavy atom. The van der Waals surface area contributed by atoms with Gasteiger partial charge in [-0.2, -0.15) is 0 Å². The molecule has 0 spiro atoms. The minimum absolute atomic E-state index is 0.123. The highest BCUT2D eigenvalue weighted by atomic mass is 16.2. The number of rotatable bonds is 6. The van der Waals surface area contributed by atoms with E-state index in [1.54, 1.807) is 13.0 Å². The highest BCUT2D eigenvalue weighted by Gasteiger charge is 2.08. The molecule has 0 aliphatic heterocycles. The second kappa shape index (κ2) is 6.58. The summed E-state index contributed by atoms with van der Waals surface area (Å²) in [5, 5.41) is 2.71. The zero-order chi connectivity index (χ0) is 13.5. The van der Waals surface area contributed by atoms with Crippen LogP contribution in [0.25, 0.3) is 0 Å². The maximum absolute atomic E-state index is 11.5. The zero-order valence-corrected chi connectivity index (χ0v) is 10.3. The van der Waals surface area contributed by atoms with Gasteiger partial charge in [0.1, 0.15) is 0 Å². The van der Waals surface area contributed by atoms with Crippen LogP contribution in [0.5, 0.6) is 0 Å². The van der Waals surface area contributed by atoms with Gasteiger partial charge in [0.2, 0.25) is 5.91 Å². The molecule has 98 valence electrons. The molecule has 0 bridgehead atoms. The van der Waals surface area contributed by atoms with E-state index in [2.05, 4.69) is 21.9 Å². The Labute approximate surface area is 104 Å². The van der Waals surface area contributed by atoms with Crippen molar-refractivity contribution in [2.24, 2.45) is 0 Å². The lowest BCUT2D eigenvalue weighted by Gasteiger charge is -2.05. The summed E-state index contributed by atoms with van der Waals surface area (Å²) in [7, 11) is 0. The van der Waals surface area contributed by atoms with Gasteiger partial charge in [0.15, 0.2) is 0 Å². The Balaban J connectivity index is 2.59. The molecule has 6 nitrogen and oxygen atoms in total. The third-order valence-electron chi connectivity index (χ3n) is 2.53. The van der Waals surface area contributed by atoms with E-state index in [0.717, 1.165) is 0 Å². The van der Waals surface area contributed by atoms with Crippen molar-refractivity contribution in [2.75, 3.05) is 6.54 Å². The van der Waals surface area contributed by atoms with E-state index in [1.807, 2.05) is 0 Å². The molecule has 0 radical (unpaired) electrons. The van der Waals surface area contributed by atoms with Crippen molar-refractivity contribution in [3.05, 3.63) is 44.8 Å². The fourth-order valence-electron chi connectivity index (χ4n) is 1.57. The van der Waals surface area contributed by atoms with Crippen LogP contribution in [0.2, 0.25) is 0 Å². The third-order valence-corrected chi connectivity index (χ3v) is 2.53. The number of aromatic nitrogens is 2. The Bertz CT molecular complexity index is 542. The van der Waals surface area contributed by atoms with E-state index < -0.39 is 11.2 Å². The molecule has 0 fully saturated rings. The molecule has 1 aromatic heterocycles. The normalized spacial score (nSPS) is 10.1. The third kappa shape index (κ3) is 4.04. The van der Waals surface area contributed by atoms with Crippen LogP contribution in [0.4, 0.5) is 0 Å². The average molecular weight is 251 g/mol. The van der Waals surface area contributed by atoms with Gasteiger partial charge in [0.05, 0.1) is 0 Å². The van der Waals surface area contributed by atoms with Crippen molar-refractivity contribution in [1.29, 1.82) is 0 Å². The van der Waals surface area contributed by atoms with Crippen molar-refractivity contribution in [3.8, 4) is 0 Å². The predicted molar refractivity (Wildman–Crippen MR) is 68.6 cm³/mol. The molecule has 0 atom stereocenters. The quantitative estimate of drug-likeness (QED) is 0.490. The topological polar surface area (TPSA) is 94.8 Å². The van der Waals surface area contributed by atoms with Crippen LogP contribution in [-0.4, -0.2) is 22.4 Å². The maximum atomic E-state index is 11.5. The Kier molecular flexibility index (Phi) is 5.10. The molecule has 0 saturated carbocycles. The number of hydrogen-bond acceptors (Lipinski definition) is 3. The zero-order valence-electron chi connectivity index (χ0n) is 10.3. The average Bonchev–Trinajstić information content (AvgIpc) is 2.27. The summed E-state index contributed by atoms with van der Waals surface area (Å²) in [4.78, 5) is 38.6. The first-order valence-electron chi connectivity index (χ1n) is 5.74. The molecule has 0 saturated heterocycles. The number of hydrogen-bond donors (Lipinski definition) is 3. The number of nitrogens with one attached hydrogen (secondary N) is 3. The summed E-state index contributed by atoms with van der Waals surface area (Å²) in [6.45, 7) is 5.74. The lowest BCUT2D eigenvalue weighted by atomic mass is 10.1. The number of aryl methyl sites for hydroxylation is 1. The second-order valence-electron chi connectivity index (χ2n) is 3.94. The summed E-state index contributed by atoms with van der Waals surface area (Å²) in [5.74, 6) is -0.123. The van der Waals surface area contributed by atoms with Gasteiger partial charge in [-0.1, -0.05) is 6.08 Å². The molecule has 1 amide bonds. The van der Waals surface area contributed by atoms with Crippen LogP contribution in [0.15, 0.2) is 22.2 Å². The van der Waals surface area contributed by atoms with Crippen molar-refractivity contribution in [1.82, 2.24) is 15.3 Å². The first kappa shape index (κ1) is 14.0. The maximum Gasteiger partial charge on any atom is 0.325 e. The van der Waals surface area contributed by atoms with Gasteiger partial charge in [0, 0.05) is 24.2 Å². The summed E-state index contributed by atoms with van der Waals surface area (Å²) in [6.07, 6.45) is 2.95. The first-order chi connectivity index (χ1) is 8.54. The molecule has 6 heteroatoms. The molecule has 1 heterocycles. The smallest absolute Gasteiger partial charge is 0.325 e. The van der Waals surface area contributed by atoms with Gasteiger partial charge in [-0.25, -0.2) is 4.79 Å². The predicted octanol–water partition coefficient (Wildman–Crippen LogP) is -0.00348. The standard InChI is InChI=1S/C12H17N3O3/c1-3-4-7-13-10(16)6-5-9-8(2)14-12(18)15-11(9)17/h3H,1,4-7H2,2H3,(H,13,16)(H2,14,15,17,18). The van der Waals surface area contributed by atoms with E-state index in [9.17, 15) is 14.4 Å². The molecular weight excluding hydrogens is 234 g/mol. The minimum Gasteiger partial charge on any atom is -0.356 e. The van der Waals surface area contributed by atoms with Crippen LogP contribution < -0.4 is 16.6 Å². The molecule has 18 heavy (non-hydrogen) atoms. The Morgan fingerprint density at radius 3 is 2.72 bits per heavy atom. The van der Waals surface area contributed by atoms with Crippen LogP contribution in [-0.2, 0) is 11.2 Å². The van der Waals surface area contributed by atoms with E-state index in [0.29, 0.717) is 30.6 Å². The van der Waals surface area contributed by atoms with E-state index in [1.165, 1.54) is 0 Å². The molecule has 0 unspecified atom stereocenters. The molecule has 3 N–H and O–H groups in total. The lowest BCUT2D eigenvalue weighted by Crippen LogP contribution is -2.29. The largest absolute Gasteiger partial charge is 0.356 e. The fourth-order valence-corrected chi connectivity index (χ4v) is 1.57. The van der Waals surface area contributed by atoms with E-state index >= 15 is 0 Å². The van der Waals surface area contributed by atoms with Crippen LogP contribution in [0.3, 0.4) is 0 Å². The van der Waals surface area contributed by atoms with Gasteiger partial charge in [-0.05, 0) is 19.8 Å². The molecule has 1 rings (SSSR count). The summed E-state index contributed by atoms with van der Waals surface area (Å²) >= 11 is 0. The fraction of sp³-hybridized carbons (Fsp3) is 0.417. The number of aromatic amines is 2. The van der Waals surface area contributed by atoms with Gasteiger partial charge in [-0.15, -0.1) is 6.58 Å². The van der Waals surface area contributed by atoms with E-state index in [4.69, 9.17) is 0 Å². The molecule has 1 aromatic rings. The van der Waals surface area contributed by atoms with Gasteiger partial charge < -0.3 is 10.3 Å². The highest BCUT2D eigenvalue weighted by molar-refractivity contribution is 5.76. The van der Waals surface area contributed by atoms with Crippen molar-refractivity contribution in [2.45, 2.75) is 26.2 Å². The van der Waals surface area contributed by atoms with Gasteiger partial charge >= 0.3 is 5.69 Å². The molecule has 0 aliphatic rings. The van der Waals surface area contributed by atoms with Crippen LogP contribution in [0, 0.1) is 6.92 Å². The van der Waals surface area contributed by atoms with Crippen molar-refractivity contribution < 1.29 is 4.79 Å². The van der Waals surface area contributed by atoms with Crippen molar-refractivity contribution in [3.63, 3.8) is 0 Å². The summed E-state index contributed by atoms with van der Waals surface area (Å²) in [5.41, 5.74) is -0.0251. The van der Waals surface area contributed by atoms with Crippen molar-refractivity contribution >= 4 is 5.91 Å². The van der Waals surface area contributed by atoms with Gasteiger partial charge in [0.25, 0.3) is 5.56 Å². The lowest BCUT2D eigenvalue weighted by molar-refractivity contribution is -0.121. The van der Waals surface area contributed by atoms with Crippen LogP contribution in [0.1, 0.15) is 24.1 Å². The molecule has 0 aliphatic carbocycles. The Hall–Kier alpha value is -2.11. The SMILES string of the molecule is C=CCCNC(=O)CCc1c(C)[nH]c(=O)[nH]c1=O. The van der Waals surface area contributed by atoms with Crippen LogP contribution >= 0.6 is 0 Å². The highest BCUT2D eigenvalue weighted by Crippen LogP contribution is 1.99. The number of amides is 1. The minimum atomic E-state index is -0.531. The number of carbonyl (C=O) groups is 1. The monoisotopic (exact) mass is 251 g/mol. The summed E-state index contributed by atoms with van der Waals surface area (Å²) in [6, 6.07) is 0. The first-order valence-corrected chi connectivity index (χ1v) is 5.74. The molecular formula is C12H17N3O3. The number of carbonyl (C=O) groups excluding carboxylic acids is 1. The number of H-pyrrole nitrogens is 2. The summed E-state index contributed by atoms with van der Waals surface area (Å²) < 4.78 is 0. The Morgan fingerprint density at radius 2 is 2.11 bits per heavy atom. The van der Waals surface area contributed by atoms with E-state index in [-0.39, 0.29) is 12.3 Å². The van der Waals surface area contributed by atoms with Gasteiger partial charge in [-0.3, -0.25) is 14.6 Å². The second-order valence-corrected chi connectivity index (χ2v) is 3.94.